The van der Waals surface area contributed by atoms with E-state index in [1.165, 1.54) is 52.7 Å². The summed E-state index contributed by atoms with van der Waals surface area (Å²) in [6, 6.07) is 6.06. The lowest BCUT2D eigenvalue weighted by molar-refractivity contribution is -0.175. The maximum absolute atomic E-state index is 13.2. The second-order valence-electron chi connectivity index (χ2n) is 10.8. The largest absolute Gasteiger partial charge is 0.497 e. The number of aliphatic hydroxyl groups is 6. The van der Waals surface area contributed by atoms with Gasteiger partial charge in [0.2, 0.25) is 0 Å². The lowest BCUT2D eigenvalue weighted by atomic mass is 9.96. The first-order chi connectivity index (χ1) is 22.5. The first kappa shape index (κ1) is 36.4. The van der Waals surface area contributed by atoms with Crippen molar-refractivity contribution in [3.8, 4) is 23.0 Å². The molecule has 260 valence electrons. The SMILES string of the molecule is COc1cc(OC)cc(C(=O)NC2C(O)[C@H](S[C@@H]3OC(CO)[C@H](O)C(NC(=O)c4cc(OC)cc(OC)c4)C3O)OC(CO)[C@@H]2O)c1. The minimum atomic E-state index is -1.62. The van der Waals surface area contributed by atoms with Crippen molar-refractivity contribution < 1.29 is 68.6 Å². The van der Waals surface area contributed by atoms with Gasteiger partial charge in [0.05, 0.1) is 53.7 Å². The highest BCUT2D eigenvalue weighted by atomic mass is 32.2. The van der Waals surface area contributed by atoms with Gasteiger partial charge in [-0.05, 0) is 24.3 Å². The van der Waals surface area contributed by atoms with Crippen LogP contribution in [0.3, 0.4) is 0 Å². The van der Waals surface area contributed by atoms with Gasteiger partial charge in [0.25, 0.3) is 11.8 Å². The summed E-state index contributed by atoms with van der Waals surface area (Å²) >= 11 is 0.706. The lowest BCUT2D eigenvalue weighted by Gasteiger charge is -2.46. The molecule has 47 heavy (non-hydrogen) atoms. The van der Waals surface area contributed by atoms with Crippen molar-refractivity contribution in [1.82, 2.24) is 10.6 Å². The van der Waals surface area contributed by atoms with E-state index in [2.05, 4.69) is 10.6 Å². The number of aliphatic hydroxyl groups excluding tert-OH is 6. The molecule has 2 aromatic carbocycles. The molecule has 4 rings (SSSR count). The van der Waals surface area contributed by atoms with Crippen LogP contribution in [0.4, 0.5) is 0 Å². The molecule has 2 aromatic rings. The maximum atomic E-state index is 13.2. The van der Waals surface area contributed by atoms with Crippen molar-refractivity contribution >= 4 is 23.6 Å². The van der Waals surface area contributed by atoms with Crippen LogP contribution in [0.15, 0.2) is 36.4 Å². The maximum Gasteiger partial charge on any atom is 0.251 e. The number of ether oxygens (including phenoxy) is 6. The molecule has 0 aromatic heterocycles. The molecule has 0 bridgehead atoms. The molecular weight excluding hydrogens is 644 g/mol. The quantitative estimate of drug-likeness (QED) is 0.124. The monoisotopic (exact) mass is 684 g/mol. The molecule has 2 aliphatic heterocycles. The van der Waals surface area contributed by atoms with Gasteiger partial charge in [-0.25, -0.2) is 0 Å². The summed E-state index contributed by atoms with van der Waals surface area (Å²) < 4.78 is 32.3. The zero-order valence-electron chi connectivity index (χ0n) is 26.0. The van der Waals surface area contributed by atoms with E-state index >= 15 is 0 Å². The van der Waals surface area contributed by atoms with Crippen molar-refractivity contribution in [3.63, 3.8) is 0 Å². The van der Waals surface area contributed by atoms with E-state index < -0.39 is 84.6 Å². The third-order valence-electron chi connectivity index (χ3n) is 7.86. The number of thioether (sulfide) groups is 1. The second-order valence-corrected chi connectivity index (χ2v) is 12.0. The van der Waals surface area contributed by atoms with Crippen molar-refractivity contribution in [2.45, 2.75) is 59.6 Å². The number of benzene rings is 2. The van der Waals surface area contributed by atoms with Gasteiger partial charge in [-0.2, -0.15) is 0 Å². The Morgan fingerprint density at radius 1 is 0.617 bits per heavy atom. The van der Waals surface area contributed by atoms with Gasteiger partial charge in [-0.3, -0.25) is 9.59 Å². The summed E-state index contributed by atoms with van der Waals surface area (Å²) in [5.41, 5.74) is -2.47. The molecule has 0 saturated carbocycles. The average Bonchev–Trinajstić information content (AvgIpc) is 3.09. The summed E-state index contributed by atoms with van der Waals surface area (Å²) in [7, 11) is 5.63. The Hall–Kier alpha value is -3.39. The molecule has 2 heterocycles. The summed E-state index contributed by atoms with van der Waals surface area (Å²) in [6.07, 6.45) is -8.92. The fourth-order valence-corrected chi connectivity index (χ4v) is 6.56. The van der Waals surface area contributed by atoms with Gasteiger partial charge in [0.15, 0.2) is 0 Å². The number of methoxy groups -OCH3 is 4. The van der Waals surface area contributed by atoms with E-state index in [9.17, 15) is 40.2 Å². The number of hydrogen-bond donors (Lipinski definition) is 8. The van der Waals surface area contributed by atoms with Gasteiger partial charge in [0.1, 0.15) is 70.5 Å². The summed E-state index contributed by atoms with van der Waals surface area (Å²) in [5.74, 6) is -0.133. The Balaban J connectivity index is 1.54. The normalized spacial score (nSPS) is 30.6. The van der Waals surface area contributed by atoms with Crippen LogP contribution in [0.1, 0.15) is 20.7 Å². The molecule has 16 nitrogen and oxygen atoms in total. The minimum Gasteiger partial charge on any atom is -0.497 e. The van der Waals surface area contributed by atoms with E-state index in [0.29, 0.717) is 34.8 Å². The average molecular weight is 685 g/mol. The van der Waals surface area contributed by atoms with Gasteiger partial charge in [-0.1, -0.05) is 11.8 Å². The molecule has 0 radical (unpaired) electrons. The number of hydrogen-bond acceptors (Lipinski definition) is 15. The summed E-state index contributed by atoms with van der Waals surface area (Å²) in [4.78, 5) is 26.4. The summed E-state index contributed by atoms with van der Waals surface area (Å²) in [6.45, 7) is -1.39. The molecule has 2 saturated heterocycles. The van der Waals surface area contributed by atoms with Crippen LogP contribution >= 0.6 is 11.8 Å². The Bertz CT molecular complexity index is 1240. The molecule has 8 N–H and O–H groups in total. The molecule has 10 atom stereocenters. The topological polar surface area (TPSA) is 235 Å². The molecule has 6 unspecified atom stereocenters. The van der Waals surface area contributed by atoms with Crippen LogP contribution < -0.4 is 29.6 Å². The van der Waals surface area contributed by atoms with E-state index in [1.807, 2.05) is 0 Å². The molecule has 17 heteroatoms. The Kier molecular flexibility index (Phi) is 12.5. The number of rotatable bonds is 12. The first-order valence-corrected chi connectivity index (χ1v) is 15.4. The Morgan fingerprint density at radius 3 is 1.21 bits per heavy atom. The highest BCUT2D eigenvalue weighted by Gasteiger charge is 2.50. The number of carbonyl (C=O) groups excluding carboxylic acids is 2. The van der Waals surface area contributed by atoms with Crippen molar-refractivity contribution in [2.75, 3.05) is 41.7 Å². The summed E-state index contributed by atoms with van der Waals surface area (Å²) in [5, 5.41) is 69.3. The fraction of sp³-hybridized carbons (Fsp3) is 0.533. The molecule has 2 amide bonds. The zero-order chi connectivity index (χ0) is 34.4. The van der Waals surface area contributed by atoms with Crippen LogP contribution in [0, 0.1) is 0 Å². The number of amides is 2. The van der Waals surface area contributed by atoms with E-state index in [1.54, 1.807) is 12.1 Å². The fourth-order valence-electron chi connectivity index (χ4n) is 5.22. The van der Waals surface area contributed by atoms with Gasteiger partial charge >= 0.3 is 0 Å². The molecule has 0 spiro atoms. The van der Waals surface area contributed by atoms with Gasteiger partial charge in [-0.15, -0.1) is 0 Å². The van der Waals surface area contributed by atoms with Crippen LogP contribution in [0.2, 0.25) is 0 Å². The van der Waals surface area contributed by atoms with Crippen molar-refractivity contribution in [1.29, 1.82) is 0 Å². The minimum absolute atomic E-state index is 0.0925. The zero-order valence-corrected chi connectivity index (χ0v) is 26.8. The van der Waals surface area contributed by atoms with E-state index in [0.717, 1.165) is 0 Å². The van der Waals surface area contributed by atoms with Crippen molar-refractivity contribution in [2.24, 2.45) is 0 Å². The van der Waals surface area contributed by atoms with Crippen LogP contribution in [0.25, 0.3) is 0 Å². The predicted molar refractivity (Wildman–Crippen MR) is 165 cm³/mol. The second kappa shape index (κ2) is 16.1. The Labute approximate surface area is 274 Å². The van der Waals surface area contributed by atoms with Crippen LogP contribution in [-0.4, -0.2) is 144 Å². The van der Waals surface area contributed by atoms with Gasteiger partial charge in [0, 0.05) is 23.3 Å². The number of carbonyl (C=O) groups is 2. The number of nitrogens with one attached hydrogen (secondary N) is 2. The third-order valence-corrected chi connectivity index (χ3v) is 9.18. The molecule has 2 aliphatic rings. The van der Waals surface area contributed by atoms with Crippen LogP contribution in [-0.2, 0) is 9.47 Å². The standard InChI is InChI=1S/C30H40N2O14S/c1-41-15-5-13(6-16(9-15)42-2)27(39)31-21-23(35)19(11-33)45-29(25(21)37)47-30-26(38)22(24(36)20(12-34)46-30)32-28(40)14-7-17(43-3)10-18(8-14)44-4/h5-10,19-26,29-30,33-38H,11-12H2,1-4H3,(H,31,39)(H,32,40)/t19?,20?,21?,22?,23-,24-,25?,26?,29-,30-/m0/s1. The smallest absolute Gasteiger partial charge is 0.251 e. The molecular formula is C30H40N2O14S. The molecule has 2 fully saturated rings. The highest BCUT2D eigenvalue weighted by Crippen LogP contribution is 2.37. The Morgan fingerprint density at radius 2 is 0.936 bits per heavy atom. The van der Waals surface area contributed by atoms with Crippen LogP contribution in [0.5, 0.6) is 23.0 Å². The third kappa shape index (κ3) is 8.19. The van der Waals surface area contributed by atoms with Crippen molar-refractivity contribution in [3.05, 3.63) is 47.5 Å². The molecule has 0 aliphatic carbocycles. The van der Waals surface area contributed by atoms with Gasteiger partial charge < -0.3 is 69.7 Å². The predicted octanol–water partition coefficient (Wildman–Crippen LogP) is -1.77. The first-order valence-electron chi connectivity index (χ1n) is 14.5. The lowest BCUT2D eigenvalue weighted by Crippen LogP contribution is -2.66. The van der Waals surface area contributed by atoms with E-state index in [4.69, 9.17) is 28.4 Å². The van der Waals surface area contributed by atoms with E-state index in [-0.39, 0.29) is 11.1 Å². The highest BCUT2D eigenvalue weighted by molar-refractivity contribution is 8.00.